The molecule has 0 N–H and O–H groups in total. The molecule has 3 heterocycles. The van der Waals surface area contributed by atoms with Gasteiger partial charge in [0, 0.05) is 49.3 Å². The first kappa shape index (κ1) is 17.9. The van der Waals surface area contributed by atoms with E-state index in [1.54, 1.807) is 95.6 Å². The van der Waals surface area contributed by atoms with Gasteiger partial charge in [-0.15, -0.1) is 0 Å². The largest absolute Gasteiger partial charge is 0.309 e. The second-order valence-electron chi connectivity index (χ2n) is 13.4. The van der Waals surface area contributed by atoms with Gasteiger partial charge in [0.15, 0.2) is 0 Å². The standard InChI is InChI=1S/C54H35N3/c1-4-16-36(17-5-1)41-24-14-25-44-45-26-15-29-52(54(45)56(53(41)44)40-20-8-3-9-21-40)57-49-28-13-11-23-43(49)47-35-38(31-33-51(47)57)37-30-32-50-46(34-37)42-22-10-12-27-48(42)55(50)39-18-6-2-7-19-39/h1-35H/i10D,11D,12D,13D,14D,15D,22D,23D,24D,25D,26D,27D,28D,29D,30D,31D,32D,33D,34D,35D. The number of benzene rings is 9. The highest BCUT2D eigenvalue weighted by Gasteiger charge is 2.22. The van der Waals surface area contributed by atoms with Gasteiger partial charge in [0.05, 0.1) is 66.2 Å². The van der Waals surface area contributed by atoms with Gasteiger partial charge in [-0.05, 0) is 83.3 Å². The van der Waals surface area contributed by atoms with Crippen LogP contribution in [0.1, 0.15) is 27.4 Å². The van der Waals surface area contributed by atoms with Crippen LogP contribution in [0.4, 0.5) is 0 Å². The maximum absolute atomic E-state index is 10.1. The smallest absolute Gasteiger partial charge is 0.0782 e. The van der Waals surface area contributed by atoms with Gasteiger partial charge in [-0.3, -0.25) is 0 Å². The maximum Gasteiger partial charge on any atom is 0.0782 e. The predicted octanol–water partition coefficient (Wildman–Crippen LogP) is 14.3. The average Bonchev–Trinajstić information content (AvgIpc) is 4.29. The van der Waals surface area contributed by atoms with E-state index in [4.69, 9.17) is 9.60 Å². The first-order chi connectivity index (χ1) is 36.7. The van der Waals surface area contributed by atoms with Crippen LogP contribution in [-0.2, 0) is 0 Å². The van der Waals surface area contributed by atoms with Crippen LogP contribution in [0.3, 0.4) is 0 Å². The third-order valence-electron chi connectivity index (χ3n) is 10.3. The number of rotatable bonds is 5. The molecular formula is C54H35N3. The molecule has 0 unspecified atom stereocenters. The van der Waals surface area contributed by atoms with Crippen LogP contribution in [-0.4, -0.2) is 13.7 Å². The van der Waals surface area contributed by atoms with E-state index < -0.39 is 148 Å². The Bertz CT molecular complexity index is 4660. The number of aromatic nitrogens is 3. The molecule has 9 aromatic carbocycles. The molecule has 57 heavy (non-hydrogen) atoms. The second-order valence-corrected chi connectivity index (χ2v) is 13.4. The highest BCUT2D eigenvalue weighted by Crippen LogP contribution is 2.43. The molecule has 0 radical (unpaired) electrons. The lowest BCUT2D eigenvalue weighted by Gasteiger charge is -2.15. The van der Waals surface area contributed by atoms with Crippen LogP contribution < -0.4 is 0 Å². The Morgan fingerprint density at radius 3 is 1.42 bits per heavy atom. The highest BCUT2D eigenvalue weighted by atomic mass is 15.1. The molecule has 0 fully saturated rings. The monoisotopic (exact) mass is 745 g/mol. The van der Waals surface area contributed by atoms with Crippen molar-refractivity contribution in [1.29, 1.82) is 0 Å². The van der Waals surface area contributed by atoms with E-state index >= 15 is 0 Å². The summed E-state index contributed by atoms with van der Waals surface area (Å²) in [5.74, 6) is 0. The summed E-state index contributed by atoms with van der Waals surface area (Å²) in [5, 5.41) is -1.48. The van der Waals surface area contributed by atoms with Crippen molar-refractivity contribution in [3.05, 3.63) is 212 Å². The quantitative estimate of drug-likeness (QED) is 0.167. The van der Waals surface area contributed by atoms with Gasteiger partial charge < -0.3 is 13.7 Å². The summed E-state index contributed by atoms with van der Waals surface area (Å²) in [5.41, 5.74) is -1.47. The summed E-state index contributed by atoms with van der Waals surface area (Å²) >= 11 is 0. The first-order valence-corrected chi connectivity index (χ1v) is 18.0. The van der Waals surface area contributed by atoms with Crippen LogP contribution in [0, 0.1) is 0 Å². The molecule has 0 aliphatic rings. The zero-order valence-electron chi connectivity index (χ0n) is 49.5. The molecule has 0 aliphatic carbocycles. The Balaban J connectivity index is 1.32. The van der Waals surface area contributed by atoms with Crippen molar-refractivity contribution in [1.82, 2.24) is 13.7 Å². The Hall–Kier alpha value is -7.62. The molecule has 3 aromatic heterocycles. The number of fused-ring (bicyclic) bond motifs is 9. The molecule has 12 rings (SSSR count). The van der Waals surface area contributed by atoms with E-state index in [0.29, 0.717) is 16.9 Å². The lowest BCUT2D eigenvalue weighted by atomic mass is 10.0. The molecular weight excluding hydrogens is 691 g/mol. The minimum Gasteiger partial charge on any atom is -0.309 e. The second kappa shape index (κ2) is 12.5. The lowest BCUT2D eigenvalue weighted by Crippen LogP contribution is -2.01. The van der Waals surface area contributed by atoms with Crippen molar-refractivity contribution in [2.24, 2.45) is 0 Å². The van der Waals surface area contributed by atoms with Gasteiger partial charge in [0.25, 0.3) is 0 Å². The number of para-hydroxylation sites is 6. The van der Waals surface area contributed by atoms with Crippen molar-refractivity contribution in [3.8, 4) is 39.3 Å². The molecule has 266 valence electrons. The topological polar surface area (TPSA) is 14.8 Å². The fraction of sp³-hybridized carbons (Fsp3) is 0. The van der Waals surface area contributed by atoms with Crippen molar-refractivity contribution in [3.63, 3.8) is 0 Å². The normalized spacial score (nSPS) is 16.8. The summed E-state index contributed by atoms with van der Waals surface area (Å²) in [6, 6.07) is 12.1. The van der Waals surface area contributed by atoms with E-state index in [2.05, 4.69) is 0 Å². The summed E-state index contributed by atoms with van der Waals surface area (Å²) in [7, 11) is 0. The third-order valence-corrected chi connectivity index (χ3v) is 10.3. The zero-order valence-corrected chi connectivity index (χ0v) is 29.5. The van der Waals surface area contributed by atoms with E-state index in [-0.39, 0.29) is 60.9 Å². The lowest BCUT2D eigenvalue weighted by molar-refractivity contribution is 1.13. The van der Waals surface area contributed by atoms with E-state index in [1.807, 2.05) is 0 Å². The van der Waals surface area contributed by atoms with Crippen LogP contribution in [0.15, 0.2) is 212 Å². The molecule has 3 heteroatoms. The van der Waals surface area contributed by atoms with Crippen LogP contribution in [0.2, 0.25) is 0 Å². The summed E-state index contributed by atoms with van der Waals surface area (Å²) in [4.78, 5) is 0. The van der Waals surface area contributed by atoms with E-state index in [9.17, 15) is 17.8 Å². The van der Waals surface area contributed by atoms with Crippen molar-refractivity contribution in [2.45, 2.75) is 0 Å². The Labute approximate surface area is 357 Å². The molecule has 0 amide bonds. The van der Waals surface area contributed by atoms with Crippen molar-refractivity contribution >= 4 is 65.4 Å². The maximum atomic E-state index is 10.1. The number of hydrogen-bond donors (Lipinski definition) is 0. The fourth-order valence-corrected chi connectivity index (χ4v) is 7.85. The SMILES string of the molecule is [2H]c1c([2H])c([2H])c2c(c1[2H])c1c([2H])c(-c3c([2H])c([2H])c4c(c3[2H])c3c([2H])c([2H])c([2H])c([2H])c3n4-c3c([2H])c([2H])c([2H])c4c5c([2H])c([2H])c([2H])c(-c6ccccc6)c5n(-c5ccccc5)c34)c([2H])c([2H])c1n2-c1ccccc1. The van der Waals surface area contributed by atoms with Gasteiger partial charge in [-0.2, -0.15) is 0 Å². The number of nitrogens with zero attached hydrogens (tertiary/aromatic N) is 3. The van der Waals surface area contributed by atoms with Gasteiger partial charge in [-0.1, -0.05) is 145 Å². The van der Waals surface area contributed by atoms with Gasteiger partial charge in [0.2, 0.25) is 0 Å². The molecule has 0 saturated carbocycles. The van der Waals surface area contributed by atoms with Crippen LogP contribution in [0.25, 0.3) is 105 Å². The Kier molecular flexibility index (Phi) is 3.91. The Morgan fingerprint density at radius 1 is 0.316 bits per heavy atom. The minimum absolute atomic E-state index is 0.0621. The summed E-state index contributed by atoms with van der Waals surface area (Å²) in [6.45, 7) is 0. The average molecular weight is 746 g/mol. The van der Waals surface area contributed by atoms with Gasteiger partial charge >= 0.3 is 0 Å². The Morgan fingerprint density at radius 2 is 0.789 bits per heavy atom. The van der Waals surface area contributed by atoms with Crippen LogP contribution in [0.5, 0.6) is 0 Å². The highest BCUT2D eigenvalue weighted by molar-refractivity contribution is 6.18. The summed E-state index contributed by atoms with van der Waals surface area (Å²) < 4.78 is 192. The van der Waals surface area contributed by atoms with Crippen molar-refractivity contribution in [2.75, 3.05) is 0 Å². The zero-order chi connectivity index (χ0) is 54.9. The van der Waals surface area contributed by atoms with E-state index in [0.717, 1.165) is 4.57 Å². The molecule has 0 spiro atoms. The third kappa shape index (κ3) is 4.73. The predicted molar refractivity (Wildman–Crippen MR) is 240 cm³/mol. The molecule has 12 aromatic rings. The molecule has 0 atom stereocenters. The molecule has 0 bridgehead atoms. The summed E-state index contributed by atoms with van der Waals surface area (Å²) in [6.07, 6.45) is 0. The number of hydrogen-bond acceptors (Lipinski definition) is 0. The van der Waals surface area contributed by atoms with E-state index in [1.165, 1.54) is 4.57 Å². The minimum atomic E-state index is -0.844. The molecule has 0 aliphatic heterocycles. The van der Waals surface area contributed by atoms with Crippen molar-refractivity contribution < 1.29 is 27.4 Å². The van der Waals surface area contributed by atoms with Crippen LogP contribution >= 0.6 is 0 Å². The molecule has 3 nitrogen and oxygen atoms in total. The first-order valence-electron chi connectivity index (χ1n) is 28.0. The molecule has 0 saturated heterocycles. The van der Waals surface area contributed by atoms with Gasteiger partial charge in [0.1, 0.15) is 0 Å². The van der Waals surface area contributed by atoms with Gasteiger partial charge in [-0.25, -0.2) is 0 Å². The fourth-order valence-electron chi connectivity index (χ4n) is 7.85.